The van der Waals surface area contributed by atoms with Gasteiger partial charge in [0.15, 0.2) is 11.5 Å². The normalized spacial score (nSPS) is 21.5. The Morgan fingerprint density at radius 3 is 2.61 bits per heavy atom. The highest BCUT2D eigenvalue weighted by atomic mass is 19.1. The number of ether oxygens (including phenoxy) is 2. The van der Waals surface area contributed by atoms with E-state index >= 15 is 0 Å². The van der Waals surface area contributed by atoms with E-state index in [2.05, 4.69) is 22.8 Å². The lowest BCUT2D eigenvalue weighted by molar-refractivity contribution is -0.127. The first kappa shape index (κ1) is 21.5. The summed E-state index contributed by atoms with van der Waals surface area (Å²) in [6, 6.07) is 12.4. The maximum absolute atomic E-state index is 13.0. The molecule has 0 radical (unpaired) electrons. The summed E-state index contributed by atoms with van der Waals surface area (Å²) in [5, 5.41) is 6.35. The van der Waals surface area contributed by atoms with Crippen molar-refractivity contribution in [3.8, 4) is 11.5 Å². The number of halogens is 1. The summed E-state index contributed by atoms with van der Waals surface area (Å²) in [7, 11) is 1.67. The molecule has 0 unspecified atom stereocenters. The molecular weight excluding hydrogens is 395 g/mol. The molecule has 4 rings (SSSR count). The van der Waals surface area contributed by atoms with Gasteiger partial charge in [0, 0.05) is 30.6 Å². The predicted molar refractivity (Wildman–Crippen MR) is 119 cm³/mol. The van der Waals surface area contributed by atoms with Gasteiger partial charge in [0.2, 0.25) is 5.91 Å². The van der Waals surface area contributed by atoms with Gasteiger partial charge in [-0.1, -0.05) is 6.07 Å². The van der Waals surface area contributed by atoms with Crippen molar-refractivity contribution in [1.82, 2.24) is 5.32 Å². The van der Waals surface area contributed by atoms with Gasteiger partial charge in [-0.2, -0.15) is 0 Å². The number of benzene rings is 2. The smallest absolute Gasteiger partial charge is 0.223 e. The maximum Gasteiger partial charge on any atom is 0.223 e. The molecule has 2 atom stereocenters. The third kappa shape index (κ3) is 5.49. The molecule has 0 bridgehead atoms. The van der Waals surface area contributed by atoms with Crippen LogP contribution in [0.1, 0.15) is 50.0 Å². The molecule has 5 nitrogen and oxygen atoms in total. The molecule has 0 aromatic heterocycles. The van der Waals surface area contributed by atoms with Gasteiger partial charge in [0.05, 0.1) is 13.2 Å². The number of hydrogen-bond acceptors (Lipinski definition) is 4. The van der Waals surface area contributed by atoms with E-state index < -0.39 is 0 Å². The molecule has 2 N–H and O–H groups in total. The van der Waals surface area contributed by atoms with Crippen LogP contribution in [0.5, 0.6) is 11.5 Å². The molecule has 1 saturated carbocycles. The van der Waals surface area contributed by atoms with E-state index in [1.165, 1.54) is 30.5 Å². The molecule has 0 spiro atoms. The van der Waals surface area contributed by atoms with Crippen molar-refractivity contribution < 1.29 is 18.7 Å². The molecule has 2 fully saturated rings. The Balaban J connectivity index is 1.38. The molecule has 2 aromatic rings. The van der Waals surface area contributed by atoms with E-state index in [1.807, 2.05) is 6.07 Å². The quantitative estimate of drug-likeness (QED) is 0.632. The number of rotatable bonds is 8. The van der Waals surface area contributed by atoms with Crippen molar-refractivity contribution in [2.24, 2.45) is 5.92 Å². The molecule has 1 amide bonds. The average molecular weight is 427 g/mol. The Morgan fingerprint density at radius 2 is 1.87 bits per heavy atom. The molecule has 1 aliphatic carbocycles. The number of methoxy groups -OCH3 is 1. The van der Waals surface area contributed by atoms with Gasteiger partial charge < -0.3 is 20.1 Å². The minimum Gasteiger partial charge on any atom is -0.493 e. The first-order chi connectivity index (χ1) is 15.1. The summed E-state index contributed by atoms with van der Waals surface area (Å²) in [6.07, 6.45) is 6.41. The minimum absolute atomic E-state index is 0.0620. The standard InChI is InChI=1S/C25H31FN2O3/c1-30-23-11-6-17(15-24(23)31-22-4-2-3-5-22)19-14-18(25(29)28-16-19)12-13-27-21-9-7-20(26)8-10-21/h6-11,15,18-19,22,27H,2-5,12-14,16H2,1H3,(H,28,29)/t18-,19-/m1/s1. The SMILES string of the molecule is COc1ccc([C@H]2CNC(=O)[C@H](CCNc3ccc(F)cc3)C2)cc1OC1CCCC1. The number of amides is 1. The lowest BCUT2D eigenvalue weighted by Crippen LogP contribution is -2.41. The van der Waals surface area contributed by atoms with Gasteiger partial charge in [0.25, 0.3) is 0 Å². The molecule has 1 aliphatic heterocycles. The zero-order chi connectivity index (χ0) is 21.6. The Bertz CT molecular complexity index is 881. The van der Waals surface area contributed by atoms with Gasteiger partial charge in [-0.25, -0.2) is 4.39 Å². The fraction of sp³-hybridized carbons (Fsp3) is 0.480. The minimum atomic E-state index is -0.254. The highest BCUT2D eigenvalue weighted by molar-refractivity contribution is 5.79. The lowest BCUT2D eigenvalue weighted by Gasteiger charge is -2.30. The molecule has 6 heteroatoms. The second-order valence-corrected chi connectivity index (χ2v) is 8.53. The van der Waals surface area contributed by atoms with Crippen molar-refractivity contribution in [2.75, 3.05) is 25.5 Å². The second-order valence-electron chi connectivity index (χ2n) is 8.53. The van der Waals surface area contributed by atoms with E-state index in [0.717, 1.165) is 42.9 Å². The number of hydrogen-bond donors (Lipinski definition) is 2. The van der Waals surface area contributed by atoms with Crippen molar-refractivity contribution in [1.29, 1.82) is 0 Å². The van der Waals surface area contributed by atoms with Crippen LogP contribution in [0, 0.1) is 11.7 Å². The van der Waals surface area contributed by atoms with E-state index in [1.54, 1.807) is 19.2 Å². The van der Waals surface area contributed by atoms with Crippen LogP contribution in [0.4, 0.5) is 10.1 Å². The van der Waals surface area contributed by atoms with Crippen molar-refractivity contribution in [3.05, 3.63) is 53.8 Å². The van der Waals surface area contributed by atoms with Gasteiger partial charge in [-0.15, -0.1) is 0 Å². The fourth-order valence-electron chi connectivity index (χ4n) is 4.59. The summed E-state index contributed by atoms with van der Waals surface area (Å²) in [5.74, 6) is 1.59. The molecule has 31 heavy (non-hydrogen) atoms. The van der Waals surface area contributed by atoms with E-state index in [9.17, 15) is 9.18 Å². The Labute approximate surface area is 183 Å². The van der Waals surface area contributed by atoms with Crippen LogP contribution in [0.25, 0.3) is 0 Å². The predicted octanol–water partition coefficient (Wildman–Crippen LogP) is 4.88. The largest absolute Gasteiger partial charge is 0.493 e. The molecular formula is C25H31FN2O3. The number of piperidine rings is 1. The summed E-state index contributed by atoms with van der Waals surface area (Å²) in [4.78, 5) is 12.4. The Morgan fingerprint density at radius 1 is 1.10 bits per heavy atom. The monoisotopic (exact) mass is 426 g/mol. The molecule has 1 heterocycles. The van der Waals surface area contributed by atoms with Crippen LogP contribution >= 0.6 is 0 Å². The van der Waals surface area contributed by atoms with E-state index in [4.69, 9.17) is 9.47 Å². The zero-order valence-corrected chi connectivity index (χ0v) is 18.0. The fourth-order valence-corrected chi connectivity index (χ4v) is 4.59. The van der Waals surface area contributed by atoms with E-state index in [0.29, 0.717) is 13.1 Å². The molecule has 2 aliphatic rings. The first-order valence-electron chi connectivity index (χ1n) is 11.2. The van der Waals surface area contributed by atoms with Crippen molar-refractivity contribution in [3.63, 3.8) is 0 Å². The van der Waals surface area contributed by atoms with Crippen LogP contribution in [0.15, 0.2) is 42.5 Å². The number of nitrogens with one attached hydrogen (secondary N) is 2. The Kier molecular flexibility index (Phi) is 6.95. The highest BCUT2D eigenvalue weighted by Crippen LogP contribution is 2.37. The van der Waals surface area contributed by atoms with Crippen LogP contribution in [0.2, 0.25) is 0 Å². The van der Waals surface area contributed by atoms with Gasteiger partial charge >= 0.3 is 0 Å². The number of carbonyl (C=O) groups is 1. The van der Waals surface area contributed by atoms with Crippen LogP contribution in [-0.4, -0.2) is 32.2 Å². The number of anilines is 1. The van der Waals surface area contributed by atoms with Crippen molar-refractivity contribution in [2.45, 2.75) is 50.5 Å². The first-order valence-corrected chi connectivity index (χ1v) is 11.2. The summed E-state index contributed by atoms with van der Waals surface area (Å²) in [5.41, 5.74) is 2.03. The summed E-state index contributed by atoms with van der Waals surface area (Å²) < 4.78 is 24.8. The van der Waals surface area contributed by atoms with Crippen LogP contribution in [-0.2, 0) is 4.79 Å². The van der Waals surface area contributed by atoms with Gasteiger partial charge in [-0.05, 0) is 80.5 Å². The van der Waals surface area contributed by atoms with Crippen LogP contribution < -0.4 is 20.1 Å². The van der Waals surface area contributed by atoms with Crippen molar-refractivity contribution >= 4 is 11.6 Å². The molecule has 166 valence electrons. The zero-order valence-electron chi connectivity index (χ0n) is 18.0. The summed E-state index contributed by atoms with van der Waals surface area (Å²) in [6.45, 7) is 1.30. The summed E-state index contributed by atoms with van der Waals surface area (Å²) >= 11 is 0. The molecule has 1 saturated heterocycles. The van der Waals surface area contributed by atoms with Gasteiger partial charge in [-0.3, -0.25) is 4.79 Å². The lowest BCUT2D eigenvalue weighted by atomic mass is 9.83. The van der Waals surface area contributed by atoms with Gasteiger partial charge in [0.1, 0.15) is 5.82 Å². The molecule has 2 aromatic carbocycles. The average Bonchev–Trinajstić information content (AvgIpc) is 3.29. The highest BCUT2D eigenvalue weighted by Gasteiger charge is 2.30. The van der Waals surface area contributed by atoms with Crippen LogP contribution in [0.3, 0.4) is 0 Å². The van der Waals surface area contributed by atoms with E-state index in [-0.39, 0.29) is 29.7 Å². The third-order valence-electron chi connectivity index (χ3n) is 6.38. The number of carbonyl (C=O) groups excluding carboxylic acids is 1. The maximum atomic E-state index is 13.0. The Hall–Kier alpha value is -2.76. The third-order valence-corrected chi connectivity index (χ3v) is 6.38. The topological polar surface area (TPSA) is 59.6 Å². The second kappa shape index (κ2) is 10.0.